The third kappa shape index (κ3) is 5.06. The van der Waals surface area contributed by atoms with Crippen LogP contribution in [0.4, 0.5) is 0 Å². The van der Waals surface area contributed by atoms with Crippen molar-refractivity contribution in [3.05, 3.63) is 33.9 Å². The number of carbonyl (C=O) groups is 5. The van der Waals surface area contributed by atoms with Crippen LogP contribution in [-0.4, -0.2) is 69.5 Å². The first-order chi connectivity index (χ1) is 20.1. The van der Waals surface area contributed by atoms with Gasteiger partial charge in [0, 0.05) is 40.0 Å². The molecular weight excluding hydrogens is 581 g/mol. The fourth-order valence-corrected chi connectivity index (χ4v) is 7.89. The molecular formula is C30H33Cl2N5O5. The van der Waals surface area contributed by atoms with E-state index < -0.39 is 35.6 Å². The summed E-state index contributed by atoms with van der Waals surface area (Å²) in [6.07, 6.45) is 6.71. The summed E-state index contributed by atoms with van der Waals surface area (Å²) in [7, 11) is 0. The highest BCUT2D eigenvalue weighted by Crippen LogP contribution is 2.46. The quantitative estimate of drug-likeness (QED) is 0.339. The van der Waals surface area contributed by atoms with Crippen LogP contribution < -0.4 is 16.0 Å². The molecule has 1 aromatic heterocycles. The molecule has 5 aliphatic rings. The normalized spacial score (nSPS) is 28.0. The standard InChI is InChI=1S/C30H33Cl2N5O5/c31-16-9-20(32)19-11-23(34-21(19)10-16)29(42)37-13-14-2-1-3-18(14)24(37)27(40)35-22(25(38)28(41)33-17-4-5-17)8-15-12-30(6-7-30)36-26(15)39/h9-11,14-15,17-18,22,24,34H,1-8,12-13H2,(H,33,41)(H,35,40)(H,36,39). The molecule has 1 aromatic carbocycles. The topological polar surface area (TPSA) is 140 Å². The molecule has 12 heteroatoms. The maximum atomic E-state index is 14.0. The molecule has 2 aliphatic heterocycles. The molecule has 3 aliphatic carbocycles. The van der Waals surface area contributed by atoms with Gasteiger partial charge in [-0.1, -0.05) is 29.6 Å². The minimum atomic E-state index is -1.16. The van der Waals surface area contributed by atoms with Gasteiger partial charge in [0.15, 0.2) is 0 Å². The summed E-state index contributed by atoms with van der Waals surface area (Å²) in [5.74, 6) is -2.81. The zero-order valence-corrected chi connectivity index (χ0v) is 24.5. The van der Waals surface area contributed by atoms with E-state index in [0.29, 0.717) is 39.6 Å². The molecule has 4 amide bonds. The van der Waals surface area contributed by atoms with Crippen molar-refractivity contribution in [2.24, 2.45) is 17.8 Å². The number of likely N-dealkylation sites (tertiary alicyclic amines) is 1. The lowest BCUT2D eigenvalue weighted by Gasteiger charge is -2.29. The highest BCUT2D eigenvalue weighted by atomic mass is 35.5. The Morgan fingerprint density at radius 3 is 2.57 bits per heavy atom. The molecule has 4 N–H and O–H groups in total. The number of Topliss-reactive ketones (excluding diaryl/α,β-unsaturated/α-hetero) is 1. The molecule has 10 nitrogen and oxygen atoms in total. The van der Waals surface area contributed by atoms with Crippen LogP contribution in [0, 0.1) is 17.8 Å². The van der Waals surface area contributed by atoms with Gasteiger partial charge in [-0.15, -0.1) is 0 Å². The van der Waals surface area contributed by atoms with Crippen LogP contribution in [0.3, 0.4) is 0 Å². The molecule has 0 radical (unpaired) electrons. The van der Waals surface area contributed by atoms with Gasteiger partial charge in [0.05, 0.1) is 11.1 Å². The summed E-state index contributed by atoms with van der Waals surface area (Å²) in [5.41, 5.74) is 0.709. The van der Waals surface area contributed by atoms with Crippen molar-refractivity contribution in [1.82, 2.24) is 25.8 Å². The van der Waals surface area contributed by atoms with Crippen molar-refractivity contribution in [3.63, 3.8) is 0 Å². The maximum absolute atomic E-state index is 14.0. The van der Waals surface area contributed by atoms with Gasteiger partial charge in [0.1, 0.15) is 11.7 Å². The van der Waals surface area contributed by atoms with Gasteiger partial charge in [-0.3, -0.25) is 24.0 Å². The Morgan fingerprint density at radius 2 is 1.86 bits per heavy atom. The largest absolute Gasteiger partial charge is 0.350 e. The van der Waals surface area contributed by atoms with E-state index in [4.69, 9.17) is 23.2 Å². The predicted octanol–water partition coefficient (Wildman–Crippen LogP) is 3.11. The Bertz CT molecular complexity index is 1510. The number of hydrogen-bond donors (Lipinski definition) is 4. The van der Waals surface area contributed by atoms with Crippen molar-refractivity contribution < 1.29 is 24.0 Å². The molecule has 5 fully saturated rings. The Hall–Kier alpha value is -3.11. The van der Waals surface area contributed by atoms with Crippen LogP contribution in [0.5, 0.6) is 0 Å². The van der Waals surface area contributed by atoms with Crippen molar-refractivity contribution in [2.75, 3.05) is 6.54 Å². The predicted molar refractivity (Wildman–Crippen MR) is 155 cm³/mol. The lowest BCUT2D eigenvalue weighted by atomic mass is 9.91. The minimum absolute atomic E-state index is 0.0239. The fourth-order valence-electron chi connectivity index (χ4n) is 7.35. The minimum Gasteiger partial charge on any atom is -0.350 e. The Morgan fingerprint density at radius 1 is 1.07 bits per heavy atom. The maximum Gasteiger partial charge on any atom is 0.289 e. The molecule has 5 unspecified atom stereocenters. The van der Waals surface area contributed by atoms with Crippen molar-refractivity contribution in [3.8, 4) is 0 Å². The molecule has 0 bridgehead atoms. The second-order valence-electron chi connectivity index (χ2n) is 12.9. The van der Waals surface area contributed by atoms with Crippen LogP contribution in [0.2, 0.25) is 10.0 Å². The second kappa shape index (κ2) is 10.3. The number of H-pyrrole nitrogens is 1. The number of fused-ring (bicyclic) bond motifs is 2. The van der Waals surface area contributed by atoms with Crippen LogP contribution in [0.15, 0.2) is 18.2 Å². The summed E-state index contributed by atoms with van der Waals surface area (Å²) in [5, 5.41) is 10.1. The number of carbonyl (C=O) groups excluding carboxylic acids is 5. The van der Waals surface area contributed by atoms with Gasteiger partial charge < -0.3 is 25.8 Å². The van der Waals surface area contributed by atoms with Gasteiger partial charge in [0.2, 0.25) is 17.6 Å². The van der Waals surface area contributed by atoms with Crippen LogP contribution >= 0.6 is 23.2 Å². The fraction of sp³-hybridized carbons (Fsp3) is 0.567. The lowest BCUT2D eigenvalue weighted by Crippen LogP contribution is -2.55. The van der Waals surface area contributed by atoms with E-state index in [2.05, 4.69) is 20.9 Å². The molecule has 3 saturated carbocycles. The number of benzene rings is 1. The first-order valence-corrected chi connectivity index (χ1v) is 15.6. The molecule has 2 aromatic rings. The molecule has 222 valence electrons. The number of ketones is 1. The smallest absolute Gasteiger partial charge is 0.289 e. The number of amides is 4. The summed E-state index contributed by atoms with van der Waals surface area (Å²) in [4.78, 5) is 71.5. The number of nitrogens with zero attached hydrogens (tertiary/aromatic N) is 1. The average molecular weight is 615 g/mol. The zero-order valence-electron chi connectivity index (χ0n) is 23.0. The van der Waals surface area contributed by atoms with Crippen LogP contribution in [0.25, 0.3) is 10.9 Å². The van der Waals surface area contributed by atoms with E-state index in [1.807, 2.05) is 0 Å². The van der Waals surface area contributed by atoms with Gasteiger partial charge in [-0.25, -0.2) is 0 Å². The average Bonchev–Trinajstić information content (AvgIpc) is 3.68. The van der Waals surface area contributed by atoms with Gasteiger partial charge in [0.25, 0.3) is 11.8 Å². The first kappa shape index (κ1) is 27.7. The number of halogens is 2. The molecule has 5 atom stereocenters. The second-order valence-corrected chi connectivity index (χ2v) is 13.7. The Balaban J connectivity index is 1.14. The number of rotatable bonds is 8. The van der Waals surface area contributed by atoms with Crippen molar-refractivity contribution >= 4 is 63.5 Å². The van der Waals surface area contributed by atoms with E-state index in [9.17, 15) is 24.0 Å². The molecule has 7 rings (SSSR count). The number of hydrogen-bond acceptors (Lipinski definition) is 5. The highest BCUT2D eigenvalue weighted by molar-refractivity contribution is 6.39. The number of aromatic nitrogens is 1. The zero-order chi connectivity index (χ0) is 29.3. The van der Waals surface area contributed by atoms with Crippen LogP contribution in [-0.2, 0) is 19.2 Å². The molecule has 42 heavy (non-hydrogen) atoms. The summed E-state index contributed by atoms with van der Waals surface area (Å²) in [6, 6.07) is 2.98. The Labute approximate surface area is 252 Å². The SMILES string of the molecule is O=C(NC1CC1)C(=O)C(CC1CC2(CC2)NC1=O)NC(=O)C1C2CCCC2CN1C(=O)c1cc2c(Cl)cc(Cl)cc2[nH]1. The number of nitrogens with one attached hydrogen (secondary N) is 4. The van der Waals surface area contributed by atoms with Gasteiger partial charge >= 0.3 is 0 Å². The van der Waals surface area contributed by atoms with Gasteiger partial charge in [-0.2, -0.15) is 0 Å². The number of aromatic amines is 1. The highest BCUT2D eigenvalue weighted by Gasteiger charge is 2.54. The third-order valence-electron chi connectivity index (χ3n) is 9.84. The van der Waals surface area contributed by atoms with Crippen molar-refractivity contribution in [1.29, 1.82) is 0 Å². The van der Waals surface area contributed by atoms with E-state index in [1.54, 1.807) is 23.1 Å². The first-order valence-electron chi connectivity index (χ1n) is 14.9. The summed E-state index contributed by atoms with van der Waals surface area (Å²) in [6.45, 7) is 0.416. The van der Waals surface area contributed by atoms with E-state index in [0.717, 1.165) is 44.9 Å². The van der Waals surface area contributed by atoms with Gasteiger partial charge in [-0.05, 0) is 81.4 Å². The molecule has 2 saturated heterocycles. The van der Waals surface area contributed by atoms with Crippen LogP contribution in [0.1, 0.15) is 68.3 Å². The van der Waals surface area contributed by atoms with E-state index in [1.165, 1.54) is 0 Å². The molecule has 3 heterocycles. The third-order valence-corrected chi connectivity index (χ3v) is 10.4. The van der Waals surface area contributed by atoms with E-state index >= 15 is 0 Å². The summed E-state index contributed by atoms with van der Waals surface area (Å²) >= 11 is 12.5. The lowest BCUT2D eigenvalue weighted by molar-refractivity contribution is -0.141. The molecule has 1 spiro atoms. The monoisotopic (exact) mass is 613 g/mol. The van der Waals surface area contributed by atoms with E-state index in [-0.39, 0.29) is 41.7 Å². The van der Waals surface area contributed by atoms with Crippen molar-refractivity contribution in [2.45, 2.75) is 81.5 Å². The summed E-state index contributed by atoms with van der Waals surface area (Å²) < 4.78 is 0. The Kier molecular flexibility index (Phi) is 6.77.